The van der Waals surface area contributed by atoms with Gasteiger partial charge in [0.1, 0.15) is 17.2 Å². The van der Waals surface area contributed by atoms with Crippen LogP contribution in [0.25, 0.3) is 11.3 Å². The second-order valence-electron chi connectivity index (χ2n) is 5.12. The van der Waals surface area contributed by atoms with E-state index in [-0.39, 0.29) is 23.1 Å². The van der Waals surface area contributed by atoms with Crippen molar-refractivity contribution in [3.8, 4) is 22.8 Å². The number of rotatable bonds is 3. The molecule has 5 N–H and O–H groups in total. The maximum atomic E-state index is 10.1. The molecule has 0 unspecified atom stereocenters. The van der Waals surface area contributed by atoms with Gasteiger partial charge in [0.15, 0.2) is 0 Å². The third-order valence-corrected chi connectivity index (χ3v) is 4.03. The van der Waals surface area contributed by atoms with Crippen molar-refractivity contribution in [1.82, 2.24) is 15.5 Å². The van der Waals surface area contributed by atoms with Crippen molar-refractivity contribution in [3.05, 3.63) is 22.8 Å². The van der Waals surface area contributed by atoms with E-state index in [4.69, 9.17) is 11.6 Å². The Morgan fingerprint density at radius 3 is 2.59 bits per heavy atom. The summed E-state index contributed by atoms with van der Waals surface area (Å²) in [6.07, 6.45) is 0. The van der Waals surface area contributed by atoms with Crippen molar-refractivity contribution >= 4 is 17.3 Å². The minimum Gasteiger partial charge on any atom is -0.507 e. The van der Waals surface area contributed by atoms with Crippen molar-refractivity contribution in [2.75, 3.05) is 31.1 Å². The van der Waals surface area contributed by atoms with Gasteiger partial charge in [0.2, 0.25) is 0 Å². The Bertz CT molecular complexity index is 683. The number of phenolic OH excluding ortho intramolecular Hbond substituents is 2. The molecular formula is C14H17ClN4O3. The predicted molar refractivity (Wildman–Crippen MR) is 83.4 cm³/mol. The number of piperazine rings is 1. The second-order valence-corrected chi connectivity index (χ2v) is 5.52. The molecule has 2 aromatic rings. The lowest BCUT2D eigenvalue weighted by molar-refractivity contribution is 0.276. The van der Waals surface area contributed by atoms with Crippen molar-refractivity contribution in [2.24, 2.45) is 0 Å². The molecular weight excluding hydrogens is 308 g/mol. The molecule has 1 aliphatic heterocycles. The average molecular weight is 325 g/mol. The van der Waals surface area contributed by atoms with Crippen LogP contribution < -0.4 is 10.2 Å². The summed E-state index contributed by atoms with van der Waals surface area (Å²) in [5, 5.41) is 39.6. The van der Waals surface area contributed by atoms with Crippen molar-refractivity contribution < 1.29 is 15.3 Å². The normalized spacial score (nSPS) is 15.3. The largest absolute Gasteiger partial charge is 0.507 e. The third kappa shape index (κ3) is 2.58. The monoisotopic (exact) mass is 324 g/mol. The topological polar surface area (TPSA) is 105 Å². The van der Waals surface area contributed by atoms with E-state index in [0.29, 0.717) is 17.0 Å². The lowest BCUT2D eigenvalue weighted by Gasteiger charge is -2.30. The van der Waals surface area contributed by atoms with Crippen LogP contribution in [0.1, 0.15) is 5.69 Å². The van der Waals surface area contributed by atoms with Crippen LogP contribution in [-0.2, 0) is 6.61 Å². The Kier molecular flexibility index (Phi) is 4.10. The number of hydrogen-bond acceptors (Lipinski definition) is 6. The number of halogens is 1. The maximum absolute atomic E-state index is 10.1. The summed E-state index contributed by atoms with van der Waals surface area (Å²) in [7, 11) is 0. The summed E-state index contributed by atoms with van der Waals surface area (Å²) >= 11 is 5.94. The van der Waals surface area contributed by atoms with E-state index < -0.39 is 0 Å². The number of hydrogen-bond donors (Lipinski definition) is 5. The predicted octanol–water partition coefficient (Wildman–Crippen LogP) is 1.04. The number of aromatic amines is 1. The fourth-order valence-corrected chi connectivity index (χ4v) is 2.80. The lowest BCUT2D eigenvalue weighted by atomic mass is 10.1. The van der Waals surface area contributed by atoms with Gasteiger partial charge in [-0.15, -0.1) is 0 Å². The Morgan fingerprint density at radius 2 is 1.91 bits per heavy atom. The molecule has 0 spiro atoms. The van der Waals surface area contributed by atoms with Crippen LogP contribution in [0, 0.1) is 0 Å². The van der Waals surface area contributed by atoms with Crippen LogP contribution in [0.3, 0.4) is 0 Å². The van der Waals surface area contributed by atoms with Gasteiger partial charge in [-0.3, -0.25) is 5.10 Å². The van der Waals surface area contributed by atoms with Gasteiger partial charge >= 0.3 is 0 Å². The smallest absolute Gasteiger partial charge is 0.137 e. The Balaban J connectivity index is 2.11. The zero-order valence-electron chi connectivity index (χ0n) is 11.8. The van der Waals surface area contributed by atoms with Crippen LogP contribution in [0.4, 0.5) is 5.69 Å². The van der Waals surface area contributed by atoms with Crippen molar-refractivity contribution in [3.63, 3.8) is 0 Å². The first kappa shape index (κ1) is 15.0. The van der Waals surface area contributed by atoms with Crippen LogP contribution >= 0.6 is 11.6 Å². The molecule has 0 atom stereocenters. The van der Waals surface area contributed by atoms with Gasteiger partial charge in [0, 0.05) is 37.8 Å². The average Bonchev–Trinajstić information content (AvgIpc) is 2.95. The van der Waals surface area contributed by atoms with Gasteiger partial charge in [-0.25, -0.2) is 0 Å². The highest BCUT2D eigenvalue weighted by Gasteiger charge is 2.24. The second kappa shape index (κ2) is 6.04. The molecule has 0 amide bonds. The number of aromatic nitrogens is 2. The number of nitrogens with one attached hydrogen (secondary N) is 2. The fourth-order valence-electron chi connectivity index (χ4n) is 2.64. The molecule has 1 aromatic carbocycles. The molecule has 0 saturated carbocycles. The highest BCUT2D eigenvalue weighted by molar-refractivity contribution is 6.32. The number of benzene rings is 1. The molecule has 22 heavy (non-hydrogen) atoms. The van der Waals surface area contributed by atoms with E-state index in [0.717, 1.165) is 31.9 Å². The molecule has 0 aliphatic carbocycles. The van der Waals surface area contributed by atoms with E-state index in [2.05, 4.69) is 20.4 Å². The van der Waals surface area contributed by atoms with Gasteiger partial charge in [-0.2, -0.15) is 5.10 Å². The van der Waals surface area contributed by atoms with Gasteiger partial charge < -0.3 is 25.5 Å². The van der Waals surface area contributed by atoms with Crippen molar-refractivity contribution in [2.45, 2.75) is 6.61 Å². The Hall–Kier alpha value is -1.96. The molecule has 0 radical (unpaired) electrons. The standard InChI is InChI=1S/C14H17ClN4O3/c15-9-5-8(11(21)6-12(9)22)13-14(10(7-20)17-18-13)19-3-1-16-2-4-19/h5-6,16,20-22H,1-4,7H2,(H,17,18). The number of phenols is 2. The quantitative estimate of drug-likeness (QED) is 0.578. The van der Waals surface area contributed by atoms with E-state index in [9.17, 15) is 15.3 Å². The summed E-state index contributed by atoms with van der Waals surface area (Å²) in [5.74, 6) is -0.307. The van der Waals surface area contributed by atoms with Crippen molar-refractivity contribution in [1.29, 1.82) is 0 Å². The summed E-state index contributed by atoms with van der Waals surface area (Å²) in [4.78, 5) is 2.10. The van der Waals surface area contributed by atoms with E-state index >= 15 is 0 Å². The summed E-state index contributed by atoms with van der Waals surface area (Å²) < 4.78 is 0. The van der Waals surface area contributed by atoms with E-state index in [1.807, 2.05) is 0 Å². The molecule has 0 bridgehead atoms. The third-order valence-electron chi connectivity index (χ3n) is 3.72. The molecule has 2 heterocycles. The SMILES string of the molecule is OCc1[nH]nc(-c2cc(Cl)c(O)cc2O)c1N1CCNCC1. The van der Waals surface area contributed by atoms with Crippen LogP contribution in [0.15, 0.2) is 12.1 Å². The van der Waals surface area contributed by atoms with Crippen LogP contribution in [-0.4, -0.2) is 51.7 Å². The number of aliphatic hydroxyl groups is 1. The molecule has 7 nitrogen and oxygen atoms in total. The molecule has 1 aliphatic rings. The van der Waals surface area contributed by atoms with E-state index in [1.165, 1.54) is 12.1 Å². The van der Waals surface area contributed by atoms with E-state index in [1.54, 1.807) is 0 Å². The molecule has 1 saturated heterocycles. The van der Waals surface area contributed by atoms with Gasteiger partial charge in [0.05, 0.1) is 23.0 Å². The highest BCUT2D eigenvalue weighted by Crippen LogP contribution is 2.41. The molecule has 3 rings (SSSR count). The fraction of sp³-hybridized carbons (Fsp3) is 0.357. The number of nitrogens with zero attached hydrogens (tertiary/aromatic N) is 2. The Labute approximate surface area is 132 Å². The van der Waals surface area contributed by atoms with Gasteiger partial charge in [-0.05, 0) is 6.07 Å². The number of H-pyrrole nitrogens is 1. The Morgan fingerprint density at radius 1 is 1.18 bits per heavy atom. The molecule has 1 aromatic heterocycles. The number of aliphatic hydroxyl groups excluding tert-OH is 1. The van der Waals surface area contributed by atoms with Gasteiger partial charge in [-0.1, -0.05) is 11.6 Å². The minimum atomic E-state index is -0.190. The minimum absolute atomic E-state index is 0.116. The molecule has 118 valence electrons. The number of aromatic hydroxyl groups is 2. The summed E-state index contributed by atoms with van der Waals surface area (Å²) in [5.41, 5.74) is 2.25. The highest BCUT2D eigenvalue weighted by atomic mass is 35.5. The molecule has 8 heteroatoms. The first-order valence-electron chi connectivity index (χ1n) is 6.97. The zero-order valence-corrected chi connectivity index (χ0v) is 12.6. The first-order valence-corrected chi connectivity index (χ1v) is 7.35. The van der Waals surface area contributed by atoms with Crippen LogP contribution in [0.2, 0.25) is 5.02 Å². The first-order chi connectivity index (χ1) is 10.6. The lowest BCUT2D eigenvalue weighted by Crippen LogP contribution is -2.44. The summed E-state index contributed by atoms with van der Waals surface area (Å²) in [6.45, 7) is 3.02. The van der Waals surface area contributed by atoms with Gasteiger partial charge in [0.25, 0.3) is 0 Å². The molecule has 1 fully saturated rings. The summed E-state index contributed by atoms with van der Waals surface area (Å²) in [6, 6.07) is 2.65. The maximum Gasteiger partial charge on any atom is 0.137 e. The van der Waals surface area contributed by atoms with Crippen LogP contribution in [0.5, 0.6) is 11.5 Å². The zero-order chi connectivity index (χ0) is 15.7. The number of anilines is 1.